The first-order valence-corrected chi connectivity index (χ1v) is 11.0. The van der Waals surface area contributed by atoms with Gasteiger partial charge in [-0.2, -0.15) is 18.3 Å². The molecule has 3 aromatic heterocycles. The smallest absolute Gasteiger partial charge is 0.422 e. The number of alkyl halides is 3. The van der Waals surface area contributed by atoms with Crippen LogP contribution in [-0.2, 0) is 17.9 Å². The van der Waals surface area contributed by atoms with Crippen molar-refractivity contribution in [3.63, 3.8) is 0 Å². The topological polar surface area (TPSA) is 81.9 Å². The Morgan fingerprint density at radius 3 is 2.64 bits per heavy atom. The molecular weight excluding hydrogens is 471 g/mol. The number of ether oxygens (including phenoxy) is 1. The molecule has 0 saturated carbocycles. The second-order valence-electron chi connectivity index (χ2n) is 7.82. The Hall–Kier alpha value is -4.47. The van der Waals surface area contributed by atoms with Crippen LogP contribution in [0.5, 0.6) is 5.88 Å². The van der Waals surface area contributed by atoms with E-state index in [1.165, 1.54) is 18.3 Å². The summed E-state index contributed by atoms with van der Waals surface area (Å²) in [5.74, 6) is -0.543. The third-order valence-corrected chi connectivity index (χ3v) is 4.98. The van der Waals surface area contributed by atoms with E-state index in [1.807, 2.05) is 48.7 Å². The fraction of sp³-hybridized carbons (Fsp3) is 0.154. The van der Waals surface area contributed by atoms with E-state index in [0.717, 1.165) is 16.7 Å². The first kappa shape index (κ1) is 24.6. The molecule has 1 amide bonds. The van der Waals surface area contributed by atoms with Crippen molar-refractivity contribution in [2.24, 2.45) is 0 Å². The maximum absolute atomic E-state index is 12.4. The number of hydrogen-bond donors (Lipinski definition) is 1. The van der Waals surface area contributed by atoms with Gasteiger partial charge >= 0.3 is 6.18 Å². The zero-order valence-corrected chi connectivity index (χ0v) is 19.0. The molecule has 0 saturated heterocycles. The highest BCUT2D eigenvalue weighted by Gasteiger charge is 2.28. The third kappa shape index (κ3) is 7.26. The fourth-order valence-corrected chi connectivity index (χ4v) is 3.35. The molecular formula is C26H22F3N5O2. The number of carbonyl (C=O) groups excluding carboxylic acids is 1. The van der Waals surface area contributed by atoms with Crippen molar-refractivity contribution in [3.8, 4) is 17.1 Å². The minimum Gasteiger partial charge on any atom is -0.468 e. The molecule has 0 aliphatic carbocycles. The molecule has 36 heavy (non-hydrogen) atoms. The zero-order valence-electron chi connectivity index (χ0n) is 19.0. The van der Waals surface area contributed by atoms with E-state index in [9.17, 15) is 18.0 Å². The van der Waals surface area contributed by atoms with Gasteiger partial charge < -0.3 is 10.1 Å². The van der Waals surface area contributed by atoms with Crippen molar-refractivity contribution in [1.29, 1.82) is 0 Å². The van der Waals surface area contributed by atoms with Gasteiger partial charge in [0.15, 0.2) is 6.61 Å². The molecule has 4 rings (SSSR count). The molecule has 7 nitrogen and oxygen atoms in total. The number of amides is 1. The van der Waals surface area contributed by atoms with E-state index in [1.54, 1.807) is 29.2 Å². The molecule has 0 spiro atoms. The highest BCUT2D eigenvalue weighted by Crippen LogP contribution is 2.23. The average Bonchev–Trinajstić information content (AvgIpc) is 3.28. The first-order chi connectivity index (χ1) is 17.4. The Labute approximate surface area is 205 Å². The average molecular weight is 493 g/mol. The Balaban J connectivity index is 1.43. The molecule has 0 bridgehead atoms. The summed E-state index contributed by atoms with van der Waals surface area (Å²) in [6.07, 6.45) is 5.14. The lowest BCUT2D eigenvalue weighted by atomic mass is 10.1. The maximum Gasteiger partial charge on any atom is 0.422 e. The van der Waals surface area contributed by atoms with Gasteiger partial charge in [-0.15, -0.1) is 0 Å². The zero-order chi connectivity index (χ0) is 25.4. The van der Waals surface area contributed by atoms with Gasteiger partial charge in [-0.3, -0.25) is 14.5 Å². The number of nitrogens with one attached hydrogen (secondary N) is 1. The van der Waals surface area contributed by atoms with Gasteiger partial charge in [-0.1, -0.05) is 30.3 Å². The van der Waals surface area contributed by atoms with E-state index in [-0.39, 0.29) is 18.3 Å². The monoisotopic (exact) mass is 493 g/mol. The van der Waals surface area contributed by atoms with E-state index in [2.05, 4.69) is 25.1 Å². The van der Waals surface area contributed by atoms with Gasteiger partial charge in [-0.05, 0) is 35.4 Å². The number of hydrogen-bond acceptors (Lipinski definition) is 5. The lowest BCUT2D eigenvalue weighted by molar-refractivity contribution is -0.154. The Morgan fingerprint density at radius 2 is 1.89 bits per heavy atom. The number of pyridine rings is 2. The largest absolute Gasteiger partial charge is 0.468 e. The van der Waals surface area contributed by atoms with Crippen LogP contribution in [0.4, 0.5) is 13.2 Å². The molecule has 0 atom stereocenters. The quantitative estimate of drug-likeness (QED) is 0.343. The van der Waals surface area contributed by atoms with Crippen LogP contribution in [0.2, 0.25) is 0 Å². The number of aromatic nitrogens is 4. The summed E-state index contributed by atoms with van der Waals surface area (Å²) < 4.78 is 43.5. The van der Waals surface area contributed by atoms with Crippen LogP contribution >= 0.6 is 0 Å². The summed E-state index contributed by atoms with van der Waals surface area (Å²) in [6.45, 7) is -0.776. The van der Waals surface area contributed by atoms with Crippen molar-refractivity contribution < 1.29 is 22.7 Å². The molecule has 0 fully saturated rings. The molecule has 3 heterocycles. The highest BCUT2D eigenvalue weighted by molar-refractivity contribution is 5.92. The van der Waals surface area contributed by atoms with Crippen LogP contribution in [-0.4, -0.2) is 38.4 Å². The minimum absolute atomic E-state index is 0.0941. The van der Waals surface area contributed by atoms with Crippen molar-refractivity contribution >= 4 is 12.0 Å². The van der Waals surface area contributed by atoms with Gasteiger partial charge in [0.2, 0.25) is 11.8 Å². The molecule has 0 aliphatic rings. The molecule has 184 valence electrons. The summed E-state index contributed by atoms with van der Waals surface area (Å²) in [4.78, 5) is 20.4. The molecule has 1 N–H and O–H groups in total. The van der Waals surface area contributed by atoms with Crippen LogP contribution < -0.4 is 10.1 Å². The Bertz CT molecular complexity index is 1320. The van der Waals surface area contributed by atoms with Crippen LogP contribution in [0.1, 0.15) is 16.7 Å². The van der Waals surface area contributed by atoms with Crippen molar-refractivity contribution in [2.45, 2.75) is 19.3 Å². The van der Waals surface area contributed by atoms with E-state index >= 15 is 0 Å². The van der Waals surface area contributed by atoms with Crippen LogP contribution in [0.25, 0.3) is 17.3 Å². The van der Waals surface area contributed by atoms with Crippen molar-refractivity contribution in [1.82, 2.24) is 25.1 Å². The molecule has 0 aliphatic heterocycles. The molecule has 0 radical (unpaired) electrons. The normalized spacial score (nSPS) is 11.5. The first-order valence-electron chi connectivity index (χ1n) is 11.0. The van der Waals surface area contributed by atoms with E-state index < -0.39 is 12.8 Å². The number of benzene rings is 1. The molecule has 10 heteroatoms. The van der Waals surface area contributed by atoms with Gasteiger partial charge in [0.25, 0.3) is 0 Å². The lowest BCUT2D eigenvalue weighted by Gasteiger charge is -2.09. The van der Waals surface area contributed by atoms with Gasteiger partial charge in [0.05, 0.1) is 6.54 Å². The van der Waals surface area contributed by atoms with Crippen LogP contribution in [0.15, 0.2) is 85.5 Å². The summed E-state index contributed by atoms with van der Waals surface area (Å²) in [5, 5.41) is 7.39. The Kier molecular flexibility index (Phi) is 7.74. The highest BCUT2D eigenvalue weighted by atomic mass is 19.4. The van der Waals surface area contributed by atoms with Gasteiger partial charge in [-0.25, -0.2) is 4.98 Å². The minimum atomic E-state index is -4.46. The maximum atomic E-state index is 12.4. The predicted molar refractivity (Wildman–Crippen MR) is 128 cm³/mol. The van der Waals surface area contributed by atoms with E-state index in [4.69, 9.17) is 0 Å². The summed E-state index contributed by atoms with van der Waals surface area (Å²) in [5.41, 5.74) is 3.87. The van der Waals surface area contributed by atoms with Gasteiger partial charge in [0, 0.05) is 54.6 Å². The Morgan fingerprint density at radius 1 is 1.06 bits per heavy atom. The standard InChI is InChI=1S/C26H22F3N5O2/c27-26(28,29)18-36-24-13-20(10-12-31-24)14-32-23(35)9-8-22-17-34(16-19-5-2-1-3-6-19)33-25(22)21-7-4-11-30-15-21/h1-13,15,17H,14,16,18H2,(H,32,35)/b9-8+. The molecule has 4 aromatic rings. The molecule has 1 aromatic carbocycles. The number of rotatable bonds is 9. The van der Waals surface area contributed by atoms with Crippen LogP contribution in [0.3, 0.4) is 0 Å². The predicted octanol–water partition coefficient (Wildman–Crippen LogP) is 4.66. The summed E-state index contributed by atoms with van der Waals surface area (Å²) >= 11 is 0. The number of carbonyl (C=O) groups is 1. The third-order valence-electron chi connectivity index (χ3n) is 4.98. The number of halogens is 3. The van der Waals surface area contributed by atoms with Crippen LogP contribution in [0, 0.1) is 0 Å². The SMILES string of the molecule is O=C(/C=C/c1cn(Cc2ccccc2)nc1-c1cccnc1)NCc1ccnc(OCC(F)(F)F)c1. The number of nitrogens with zero attached hydrogens (tertiary/aromatic N) is 4. The summed E-state index contributed by atoms with van der Waals surface area (Å²) in [7, 11) is 0. The summed E-state index contributed by atoms with van der Waals surface area (Å²) in [6, 6.07) is 16.5. The van der Waals surface area contributed by atoms with Crippen molar-refractivity contribution in [2.75, 3.05) is 6.61 Å². The second kappa shape index (κ2) is 11.3. The lowest BCUT2D eigenvalue weighted by Crippen LogP contribution is -2.21. The van der Waals surface area contributed by atoms with E-state index in [0.29, 0.717) is 17.8 Å². The van der Waals surface area contributed by atoms with Crippen molar-refractivity contribution in [3.05, 3.63) is 102 Å². The second-order valence-corrected chi connectivity index (χ2v) is 7.82. The van der Waals surface area contributed by atoms with Gasteiger partial charge in [0.1, 0.15) is 5.69 Å². The fourth-order valence-electron chi connectivity index (χ4n) is 3.35. The molecule has 0 unspecified atom stereocenters.